The summed E-state index contributed by atoms with van der Waals surface area (Å²) >= 11 is 0. The average Bonchev–Trinajstić information content (AvgIpc) is 3.08. The third kappa shape index (κ3) is 4.32. The van der Waals surface area contributed by atoms with Gasteiger partial charge in [0.2, 0.25) is 0 Å². The predicted octanol–water partition coefficient (Wildman–Crippen LogP) is 5.04. The van der Waals surface area contributed by atoms with E-state index in [4.69, 9.17) is 10.1 Å². The van der Waals surface area contributed by atoms with Crippen molar-refractivity contribution < 1.29 is 22.3 Å². The van der Waals surface area contributed by atoms with Crippen molar-refractivity contribution in [2.24, 2.45) is 0 Å². The molecule has 0 aliphatic carbocycles. The number of nitrogens with zero attached hydrogens (tertiary/aromatic N) is 3. The van der Waals surface area contributed by atoms with Crippen LogP contribution in [0.1, 0.15) is 38.6 Å². The highest BCUT2D eigenvalue weighted by Gasteiger charge is 2.33. The van der Waals surface area contributed by atoms with Gasteiger partial charge in [0.05, 0.1) is 34.9 Å². The Bertz CT molecular complexity index is 1200. The normalized spacial score (nSPS) is 19.4. The molecule has 0 amide bonds. The van der Waals surface area contributed by atoms with Gasteiger partial charge >= 0.3 is 6.18 Å². The molecule has 1 atom stereocenters. The summed E-state index contributed by atoms with van der Waals surface area (Å²) in [6.07, 6.45) is -0.663. The smallest absolute Gasteiger partial charge is 0.383 e. The highest BCUT2D eigenvalue weighted by Crippen LogP contribution is 2.37. The molecule has 3 aromatic rings. The van der Waals surface area contributed by atoms with Gasteiger partial charge in [-0.15, -0.1) is 0 Å². The minimum Gasteiger partial charge on any atom is -0.383 e. The number of pyridine rings is 1. The molecule has 0 saturated carbocycles. The number of hydrogen-bond acceptors (Lipinski definition) is 5. The van der Waals surface area contributed by atoms with E-state index >= 15 is 0 Å². The van der Waals surface area contributed by atoms with Gasteiger partial charge in [0, 0.05) is 30.4 Å². The minimum atomic E-state index is -4.63. The second-order valence-electron chi connectivity index (χ2n) is 8.43. The number of aromatic nitrogens is 3. The SMILES string of the molecule is CC1(C)CC(n2c(CN/C=C(\C=N)C(F)(F)F)nc3cnc4ccc(F)cc4c32)CCO1. The number of rotatable bonds is 5. The first-order chi connectivity index (χ1) is 15.1. The topological polar surface area (TPSA) is 75.8 Å². The summed E-state index contributed by atoms with van der Waals surface area (Å²) in [7, 11) is 0. The Morgan fingerprint density at radius 2 is 2.12 bits per heavy atom. The lowest BCUT2D eigenvalue weighted by Crippen LogP contribution is -2.35. The molecular formula is C22H23F4N5O. The molecule has 1 aliphatic rings. The van der Waals surface area contributed by atoms with Gasteiger partial charge in [-0.1, -0.05) is 0 Å². The molecule has 1 unspecified atom stereocenters. The van der Waals surface area contributed by atoms with Gasteiger partial charge in [-0.3, -0.25) is 4.98 Å². The van der Waals surface area contributed by atoms with Crippen LogP contribution in [0.4, 0.5) is 17.6 Å². The highest BCUT2D eigenvalue weighted by atomic mass is 19.4. The number of fused-ring (bicyclic) bond motifs is 3. The Balaban J connectivity index is 1.83. The fourth-order valence-corrected chi connectivity index (χ4v) is 4.19. The minimum absolute atomic E-state index is 0.00328. The predicted molar refractivity (Wildman–Crippen MR) is 113 cm³/mol. The first kappa shape index (κ1) is 22.2. The Labute approximate surface area is 181 Å². The second kappa shape index (κ2) is 8.16. The van der Waals surface area contributed by atoms with Crippen LogP contribution in [0.5, 0.6) is 0 Å². The van der Waals surface area contributed by atoms with Gasteiger partial charge < -0.3 is 20.0 Å². The van der Waals surface area contributed by atoms with Crippen LogP contribution in [0.15, 0.2) is 36.2 Å². The number of allylic oxidation sites excluding steroid dienone is 1. The monoisotopic (exact) mass is 449 g/mol. The molecule has 1 fully saturated rings. The maximum atomic E-state index is 14.1. The molecule has 2 aromatic heterocycles. The van der Waals surface area contributed by atoms with Crippen LogP contribution < -0.4 is 5.32 Å². The zero-order valence-corrected chi connectivity index (χ0v) is 17.6. The van der Waals surface area contributed by atoms with E-state index in [9.17, 15) is 17.6 Å². The van der Waals surface area contributed by atoms with Crippen molar-refractivity contribution in [1.82, 2.24) is 19.9 Å². The van der Waals surface area contributed by atoms with Crippen molar-refractivity contribution in [2.75, 3.05) is 6.61 Å². The Kier molecular flexibility index (Phi) is 5.66. The van der Waals surface area contributed by atoms with Crippen LogP contribution in [-0.2, 0) is 11.3 Å². The zero-order valence-electron chi connectivity index (χ0n) is 17.6. The lowest BCUT2D eigenvalue weighted by molar-refractivity contribution is -0.0860. The van der Waals surface area contributed by atoms with Gasteiger partial charge in [0.15, 0.2) is 0 Å². The summed E-state index contributed by atoms with van der Waals surface area (Å²) in [6, 6.07) is 4.29. The van der Waals surface area contributed by atoms with Crippen LogP contribution in [0.25, 0.3) is 21.9 Å². The molecule has 0 bridgehead atoms. The van der Waals surface area contributed by atoms with Crippen molar-refractivity contribution in [3.63, 3.8) is 0 Å². The highest BCUT2D eigenvalue weighted by molar-refractivity contribution is 6.02. The summed E-state index contributed by atoms with van der Waals surface area (Å²) < 4.78 is 60.7. The third-order valence-electron chi connectivity index (χ3n) is 5.59. The van der Waals surface area contributed by atoms with E-state index < -0.39 is 17.6 Å². The van der Waals surface area contributed by atoms with Gasteiger partial charge in [-0.05, 0) is 44.9 Å². The van der Waals surface area contributed by atoms with Crippen molar-refractivity contribution in [3.05, 3.63) is 47.8 Å². The van der Waals surface area contributed by atoms with Crippen molar-refractivity contribution in [1.29, 1.82) is 5.41 Å². The maximum Gasteiger partial charge on any atom is 0.419 e. The lowest BCUT2D eigenvalue weighted by atomic mass is 9.93. The molecule has 0 spiro atoms. The van der Waals surface area contributed by atoms with E-state index in [1.54, 1.807) is 12.3 Å². The largest absolute Gasteiger partial charge is 0.419 e. The fraction of sp³-hybridized carbons (Fsp3) is 0.409. The quantitative estimate of drug-likeness (QED) is 0.423. The van der Waals surface area contributed by atoms with E-state index in [0.29, 0.717) is 47.2 Å². The summed E-state index contributed by atoms with van der Waals surface area (Å²) in [5.74, 6) is 0.0966. The average molecular weight is 449 g/mol. The van der Waals surface area contributed by atoms with Crippen molar-refractivity contribution in [2.45, 2.75) is 51.1 Å². The van der Waals surface area contributed by atoms with E-state index in [1.807, 2.05) is 18.4 Å². The van der Waals surface area contributed by atoms with Crippen LogP contribution >= 0.6 is 0 Å². The molecular weight excluding hydrogens is 426 g/mol. The van der Waals surface area contributed by atoms with Crippen LogP contribution in [0.3, 0.4) is 0 Å². The molecule has 1 aromatic carbocycles. The van der Waals surface area contributed by atoms with E-state index in [2.05, 4.69) is 15.3 Å². The van der Waals surface area contributed by atoms with Crippen LogP contribution in [-0.4, -0.2) is 39.1 Å². The Hall–Kier alpha value is -3.01. The van der Waals surface area contributed by atoms with E-state index in [1.165, 1.54) is 12.1 Å². The summed E-state index contributed by atoms with van der Waals surface area (Å²) in [6.45, 7) is 4.49. The zero-order chi connectivity index (χ0) is 23.1. The third-order valence-corrected chi connectivity index (χ3v) is 5.59. The number of ether oxygens (including phenoxy) is 1. The molecule has 4 rings (SSSR count). The van der Waals surface area contributed by atoms with Crippen LogP contribution in [0.2, 0.25) is 0 Å². The molecule has 32 heavy (non-hydrogen) atoms. The molecule has 0 radical (unpaired) electrons. The number of imidazole rings is 1. The second-order valence-corrected chi connectivity index (χ2v) is 8.43. The molecule has 3 heterocycles. The Morgan fingerprint density at radius 3 is 2.81 bits per heavy atom. The molecule has 1 saturated heterocycles. The molecule has 6 nitrogen and oxygen atoms in total. The summed E-state index contributed by atoms with van der Waals surface area (Å²) in [5.41, 5.74) is 0.356. The first-order valence-corrected chi connectivity index (χ1v) is 10.2. The first-order valence-electron chi connectivity index (χ1n) is 10.2. The lowest BCUT2D eigenvalue weighted by Gasteiger charge is -2.37. The van der Waals surface area contributed by atoms with Gasteiger partial charge in [-0.2, -0.15) is 13.2 Å². The standard InChI is InChI=1S/C22H23F4N5O/c1-21(2)8-15(5-6-32-21)31-19(12-28-10-13(9-27)22(24,25)26)30-18-11-29-17-4-3-14(23)7-16(17)20(18)31/h3-4,7,9-11,15,27-28H,5-6,8,12H2,1-2H3/b13-10+,27-9?. The fourth-order valence-electron chi connectivity index (χ4n) is 4.19. The van der Waals surface area contributed by atoms with E-state index in [0.717, 1.165) is 6.20 Å². The van der Waals surface area contributed by atoms with Crippen molar-refractivity contribution >= 4 is 28.2 Å². The van der Waals surface area contributed by atoms with E-state index in [-0.39, 0.29) is 24.4 Å². The number of hydrogen-bond donors (Lipinski definition) is 2. The molecule has 1 aliphatic heterocycles. The number of benzene rings is 1. The maximum absolute atomic E-state index is 14.1. The van der Waals surface area contributed by atoms with Crippen LogP contribution in [0, 0.1) is 11.2 Å². The molecule has 170 valence electrons. The Morgan fingerprint density at radius 1 is 1.34 bits per heavy atom. The summed E-state index contributed by atoms with van der Waals surface area (Å²) in [4.78, 5) is 8.96. The van der Waals surface area contributed by atoms with Crippen molar-refractivity contribution in [3.8, 4) is 0 Å². The van der Waals surface area contributed by atoms with Gasteiger partial charge in [-0.25, -0.2) is 9.37 Å². The van der Waals surface area contributed by atoms with Gasteiger partial charge in [0.1, 0.15) is 17.2 Å². The molecule has 2 N–H and O–H groups in total. The van der Waals surface area contributed by atoms with Gasteiger partial charge in [0.25, 0.3) is 0 Å². The summed E-state index contributed by atoms with van der Waals surface area (Å²) in [5, 5.41) is 10.2. The number of alkyl halides is 3. The number of nitrogens with one attached hydrogen (secondary N) is 2. The number of halogens is 4. The molecule has 10 heteroatoms.